The molecule has 1 saturated heterocycles. The molecule has 126 valence electrons. The van der Waals surface area contributed by atoms with Gasteiger partial charge in [-0.15, -0.1) is 0 Å². The van der Waals surface area contributed by atoms with Gasteiger partial charge in [0, 0.05) is 24.2 Å². The summed E-state index contributed by atoms with van der Waals surface area (Å²) in [5.41, 5.74) is 2.31. The van der Waals surface area contributed by atoms with Gasteiger partial charge in [-0.2, -0.15) is 0 Å². The molecule has 5 nitrogen and oxygen atoms in total. The predicted octanol–water partition coefficient (Wildman–Crippen LogP) is 3.50. The van der Waals surface area contributed by atoms with Gasteiger partial charge in [0.25, 0.3) is 5.91 Å². The topological polar surface area (TPSA) is 70.8 Å². The van der Waals surface area contributed by atoms with E-state index >= 15 is 0 Å². The van der Waals surface area contributed by atoms with Crippen molar-refractivity contribution in [3.63, 3.8) is 0 Å². The molecule has 1 amide bonds. The molecule has 2 heterocycles. The standard InChI is InChI=1S/C19H21NO4/c1-12-13(2)24-17(14-6-4-3-5-7-14)16(12)18(21)20-10-8-15(9-11-20)19(22)23/h3-7,15H,8-11H2,1-2H3,(H,22,23). The van der Waals surface area contributed by atoms with E-state index in [1.165, 1.54) is 0 Å². The van der Waals surface area contributed by atoms with Gasteiger partial charge in [-0.05, 0) is 26.7 Å². The monoisotopic (exact) mass is 327 g/mol. The van der Waals surface area contributed by atoms with E-state index in [0.29, 0.717) is 37.3 Å². The molecule has 1 N–H and O–H groups in total. The molecule has 0 unspecified atom stereocenters. The molecule has 5 heteroatoms. The maximum Gasteiger partial charge on any atom is 0.306 e. The molecule has 2 aromatic rings. The van der Waals surface area contributed by atoms with Crippen LogP contribution in [0.15, 0.2) is 34.7 Å². The Morgan fingerprint density at radius 3 is 2.33 bits per heavy atom. The second-order valence-corrected chi connectivity index (χ2v) is 6.26. The van der Waals surface area contributed by atoms with Gasteiger partial charge in [-0.25, -0.2) is 0 Å². The summed E-state index contributed by atoms with van der Waals surface area (Å²) in [5.74, 6) is 0.123. The molecule has 1 aromatic heterocycles. The van der Waals surface area contributed by atoms with Crippen LogP contribution in [0.1, 0.15) is 34.5 Å². The van der Waals surface area contributed by atoms with Crippen LogP contribution >= 0.6 is 0 Å². The molecule has 1 fully saturated rings. The fourth-order valence-corrected chi connectivity index (χ4v) is 3.16. The van der Waals surface area contributed by atoms with E-state index in [9.17, 15) is 9.59 Å². The number of piperidine rings is 1. The minimum absolute atomic E-state index is 0.0768. The molecule has 1 aromatic carbocycles. The van der Waals surface area contributed by atoms with Crippen molar-refractivity contribution in [3.8, 4) is 11.3 Å². The normalized spacial score (nSPS) is 15.5. The third-order valence-electron chi connectivity index (χ3n) is 4.77. The van der Waals surface area contributed by atoms with Crippen LogP contribution in [0.5, 0.6) is 0 Å². The minimum Gasteiger partial charge on any atom is -0.481 e. The summed E-state index contributed by atoms with van der Waals surface area (Å²) in [4.78, 5) is 25.8. The lowest BCUT2D eigenvalue weighted by Gasteiger charge is -2.30. The SMILES string of the molecule is Cc1oc(-c2ccccc2)c(C(=O)N2CCC(C(=O)O)CC2)c1C. The molecular weight excluding hydrogens is 306 g/mol. The summed E-state index contributed by atoms with van der Waals surface area (Å²) < 4.78 is 5.86. The number of hydrogen-bond acceptors (Lipinski definition) is 3. The zero-order valence-corrected chi connectivity index (χ0v) is 13.9. The molecule has 24 heavy (non-hydrogen) atoms. The highest BCUT2D eigenvalue weighted by Gasteiger charge is 2.31. The number of furan rings is 1. The number of hydrogen-bond donors (Lipinski definition) is 1. The van der Waals surface area contributed by atoms with Crippen molar-refractivity contribution in [3.05, 3.63) is 47.2 Å². The van der Waals surface area contributed by atoms with Crippen LogP contribution in [0.3, 0.4) is 0 Å². The summed E-state index contributed by atoms with van der Waals surface area (Å²) in [6.07, 6.45) is 0.995. The number of benzene rings is 1. The van der Waals surface area contributed by atoms with Gasteiger partial charge >= 0.3 is 5.97 Å². The van der Waals surface area contributed by atoms with E-state index in [-0.39, 0.29) is 11.8 Å². The summed E-state index contributed by atoms with van der Waals surface area (Å²) in [5, 5.41) is 9.10. The Balaban J connectivity index is 1.90. The Hall–Kier alpha value is -2.56. The molecule has 0 saturated carbocycles. The highest BCUT2D eigenvalue weighted by atomic mass is 16.4. The van der Waals surface area contributed by atoms with Crippen LogP contribution in [0.25, 0.3) is 11.3 Å². The van der Waals surface area contributed by atoms with Crippen molar-refractivity contribution in [2.45, 2.75) is 26.7 Å². The first-order valence-electron chi connectivity index (χ1n) is 8.16. The lowest BCUT2D eigenvalue weighted by atomic mass is 9.96. The van der Waals surface area contributed by atoms with E-state index < -0.39 is 5.97 Å². The summed E-state index contributed by atoms with van der Waals surface area (Å²) >= 11 is 0. The number of carboxylic acid groups (broad SMARTS) is 1. The van der Waals surface area contributed by atoms with Crippen molar-refractivity contribution >= 4 is 11.9 Å². The van der Waals surface area contributed by atoms with Gasteiger partial charge in [-0.1, -0.05) is 30.3 Å². The molecule has 1 aliphatic heterocycles. The maximum atomic E-state index is 13.0. The number of likely N-dealkylation sites (tertiary alicyclic amines) is 1. The number of aliphatic carboxylic acids is 1. The van der Waals surface area contributed by atoms with E-state index in [2.05, 4.69) is 0 Å². The average molecular weight is 327 g/mol. The van der Waals surface area contributed by atoms with Crippen LogP contribution in [-0.4, -0.2) is 35.0 Å². The van der Waals surface area contributed by atoms with Crippen LogP contribution in [0.4, 0.5) is 0 Å². The smallest absolute Gasteiger partial charge is 0.306 e. The highest BCUT2D eigenvalue weighted by molar-refractivity contribution is 6.01. The number of carboxylic acids is 1. The predicted molar refractivity (Wildman–Crippen MR) is 89.9 cm³/mol. The van der Waals surface area contributed by atoms with Gasteiger partial charge in [0.1, 0.15) is 11.5 Å². The third-order valence-corrected chi connectivity index (χ3v) is 4.77. The van der Waals surface area contributed by atoms with Crippen LogP contribution in [-0.2, 0) is 4.79 Å². The van der Waals surface area contributed by atoms with Crippen molar-refractivity contribution in [1.82, 2.24) is 4.90 Å². The fraction of sp³-hybridized carbons (Fsp3) is 0.368. The number of carbonyl (C=O) groups excluding carboxylic acids is 1. The van der Waals surface area contributed by atoms with Gasteiger partial charge < -0.3 is 14.4 Å². The Kier molecular flexibility index (Phi) is 4.42. The zero-order valence-electron chi connectivity index (χ0n) is 13.9. The molecule has 0 bridgehead atoms. The second-order valence-electron chi connectivity index (χ2n) is 6.26. The molecule has 3 rings (SSSR count). The molecule has 0 atom stereocenters. The van der Waals surface area contributed by atoms with Gasteiger partial charge in [-0.3, -0.25) is 9.59 Å². The van der Waals surface area contributed by atoms with E-state index in [1.54, 1.807) is 4.90 Å². The molecule has 0 radical (unpaired) electrons. The van der Waals surface area contributed by atoms with Crippen molar-refractivity contribution in [2.75, 3.05) is 13.1 Å². The Morgan fingerprint density at radius 2 is 1.75 bits per heavy atom. The Labute approximate surface area is 140 Å². The Bertz CT molecular complexity index is 755. The first-order valence-corrected chi connectivity index (χ1v) is 8.16. The lowest BCUT2D eigenvalue weighted by molar-refractivity contribution is -0.143. The maximum absolute atomic E-state index is 13.0. The van der Waals surface area contributed by atoms with Crippen molar-refractivity contribution < 1.29 is 19.1 Å². The molecule has 0 aliphatic carbocycles. The van der Waals surface area contributed by atoms with Crippen LogP contribution < -0.4 is 0 Å². The first kappa shape index (κ1) is 16.3. The lowest BCUT2D eigenvalue weighted by Crippen LogP contribution is -2.40. The van der Waals surface area contributed by atoms with Crippen LogP contribution in [0.2, 0.25) is 0 Å². The van der Waals surface area contributed by atoms with Gasteiger partial charge in [0.2, 0.25) is 0 Å². The first-order chi connectivity index (χ1) is 11.5. The average Bonchev–Trinajstić information content (AvgIpc) is 2.90. The van der Waals surface area contributed by atoms with E-state index in [0.717, 1.165) is 16.9 Å². The Morgan fingerprint density at radius 1 is 1.12 bits per heavy atom. The van der Waals surface area contributed by atoms with Gasteiger partial charge in [0.15, 0.2) is 0 Å². The number of nitrogens with zero attached hydrogens (tertiary/aromatic N) is 1. The van der Waals surface area contributed by atoms with Crippen LogP contribution in [0, 0.1) is 19.8 Å². The summed E-state index contributed by atoms with van der Waals surface area (Å²) in [6.45, 7) is 4.68. The minimum atomic E-state index is -0.776. The van der Waals surface area contributed by atoms with E-state index in [4.69, 9.17) is 9.52 Å². The molecular formula is C19H21NO4. The number of rotatable bonds is 3. The number of carbonyl (C=O) groups is 2. The fourth-order valence-electron chi connectivity index (χ4n) is 3.16. The summed E-state index contributed by atoms with van der Waals surface area (Å²) in [6, 6.07) is 9.59. The van der Waals surface area contributed by atoms with Crippen molar-refractivity contribution in [2.24, 2.45) is 5.92 Å². The molecule has 0 spiro atoms. The van der Waals surface area contributed by atoms with E-state index in [1.807, 2.05) is 44.2 Å². The third kappa shape index (κ3) is 2.94. The molecule has 1 aliphatic rings. The van der Waals surface area contributed by atoms with Gasteiger partial charge in [0.05, 0.1) is 11.5 Å². The largest absolute Gasteiger partial charge is 0.481 e. The summed E-state index contributed by atoms with van der Waals surface area (Å²) in [7, 11) is 0. The van der Waals surface area contributed by atoms with Crippen molar-refractivity contribution in [1.29, 1.82) is 0 Å². The zero-order chi connectivity index (χ0) is 17.3. The highest BCUT2D eigenvalue weighted by Crippen LogP contribution is 2.32. The second kappa shape index (κ2) is 6.51. The number of amides is 1. The quantitative estimate of drug-likeness (QED) is 0.936. The number of aryl methyl sites for hydroxylation is 1.